The Kier molecular flexibility index (Phi) is 20.0. The average Bonchev–Trinajstić information content (AvgIpc) is 2.81. The number of carboxylic acid groups (broad SMARTS) is 1. The molecule has 1 rings (SSSR count). The molecule has 1 aromatic carbocycles. The molecular weight excluding hydrogens is 410 g/mol. The van der Waals surface area contributed by atoms with E-state index in [0.29, 0.717) is 12.2 Å². The number of quaternary nitrogens is 1. The van der Waals surface area contributed by atoms with Gasteiger partial charge in [0.25, 0.3) is 0 Å². The number of aromatic carboxylic acids is 1. The molecular formula is C29H54NO3+. The first-order chi connectivity index (χ1) is 15.9. The summed E-state index contributed by atoms with van der Waals surface area (Å²) < 4.78 is 6.69. The molecule has 0 fully saturated rings. The summed E-state index contributed by atoms with van der Waals surface area (Å²) in [7, 11) is 4.68. The highest BCUT2D eigenvalue weighted by molar-refractivity contribution is 5.87. The van der Waals surface area contributed by atoms with Gasteiger partial charge in [0.2, 0.25) is 0 Å². The summed E-state index contributed by atoms with van der Waals surface area (Å²) >= 11 is 0. The monoisotopic (exact) mass is 464 g/mol. The predicted molar refractivity (Wildman–Crippen MR) is 142 cm³/mol. The molecule has 0 saturated carbocycles. The number of rotatable bonds is 19. The molecule has 0 saturated heterocycles. The third-order valence-electron chi connectivity index (χ3n) is 6.34. The molecule has 0 aliphatic rings. The van der Waals surface area contributed by atoms with Crippen LogP contribution in [-0.2, 0) is 0 Å². The molecule has 1 aromatic rings. The summed E-state index contributed by atoms with van der Waals surface area (Å²) in [6, 6.07) is 6.51. The average molecular weight is 465 g/mol. The van der Waals surface area contributed by atoms with Gasteiger partial charge in [0.05, 0.1) is 39.4 Å². The van der Waals surface area contributed by atoms with Crippen LogP contribution in [0.5, 0.6) is 5.75 Å². The first-order valence-corrected chi connectivity index (χ1v) is 13.6. The minimum absolute atomic E-state index is 0.290. The third-order valence-corrected chi connectivity index (χ3v) is 6.34. The number of benzene rings is 1. The second kappa shape index (κ2) is 21.0. The Labute approximate surface area is 205 Å². The number of unbranched alkanes of at least 4 members (excludes halogenated alkanes) is 12. The van der Waals surface area contributed by atoms with Crippen LogP contribution >= 0.6 is 0 Å². The highest BCUT2D eigenvalue weighted by atomic mass is 16.5. The van der Waals surface area contributed by atoms with Crippen molar-refractivity contribution in [1.29, 1.82) is 0 Å². The lowest BCUT2D eigenvalue weighted by atomic mass is 10.1. The van der Waals surface area contributed by atoms with Crippen LogP contribution in [0.15, 0.2) is 24.3 Å². The maximum absolute atomic E-state index is 10.6. The van der Waals surface area contributed by atoms with Crippen molar-refractivity contribution in [3.8, 4) is 5.75 Å². The number of hydrogen-bond acceptors (Lipinski definition) is 2. The van der Waals surface area contributed by atoms with E-state index in [4.69, 9.17) is 9.84 Å². The van der Waals surface area contributed by atoms with Crippen molar-refractivity contribution < 1.29 is 19.1 Å². The molecule has 0 unspecified atom stereocenters. The Morgan fingerprint density at radius 3 is 1.64 bits per heavy atom. The summed E-state index contributed by atoms with van der Waals surface area (Å²) in [6.45, 7) is 10.1. The molecule has 0 bridgehead atoms. The molecule has 0 radical (unpaired) electrons. The maximum atomic E-state index is 10.6. The number of ether oxygens (including phenoxy) is 1. The number of carbonyl (C=O) groups is 1. The van der Waals surface area contributed by atoms with Gasteiger partial charge in [-0.05, 0) is 50.5 Å². The van der Waals surface area contributed by atoms with Crippen LogP contribution in [0.1, 0.15) is 121 Å². The molecule has 0 atom stereocenters. The summed E-state index contributed by atoms with van der Waals surface area (Å²) in [5.74, 6) is -0.170. The maximum Gasteiger partial charge on any atom is 0.335 e. The van der Waals surface area contributed by atoms with Crippen molar-refractivity contribution >= 4 is 5.97 Å². The van der Waals surface area contributed by atoms with E-state index < -0.39 is 5.97 Å². The van der Waals surface area contributed by atoms with E-state index in [1.54, 1.807) is 24.3 Å². The van der Waals surface area contributed by atoms with E-state index in [9.17, 15) is 4.79 Å². The molecule has 0 heterocycles. The summed E-state index contributed by atoms with van der Waals surface area (Å²) in [5, 5.41) is 8.71. The zero-order valence-corrected chi connectivity index (χ0v) is 22.5. The zero-order valence-electron chi connectivity index (χ0n) is 22.5. The lowest BCUT2D eigenvalue weighted by Gasteiger charge is -2.28. The molecule has 0 aromatic heterocycles. The number of nitrogens with zero attached hydrogens (tertiary/aromatic N) is 1. The van der Waals surface area contributed by atoms with Crippen LogP contribution in [0.2, 0.25) is 0 Å². The van der Waals surface area contributed by atoms with Gasteiger partial charge in [-0.1, -0.05) is 84.5 Å². The van der Waals surface area contributed by atoms with E-state index in [1.807, 2.05) is 0 Å². The van der Waals surface area contributed by atoms with Gasteiger partial charge in [-0.25, -0.2) is 4.79 Å². The summed E-state index contributed by atoms with van der Waals surface area (Å²) in [6.07, 6.45) is 19.1. The van der Waals surface area contributed by atoms with Crippen molar-refractivity contribution in [2.24, 2.45) is 0 Å². The van der Waals surface area contributed by atoms with Crippen LogP contribution in [0.3, 0.4) is 0 Å². The quantitative estimate of drug-likeness (QED) is 0.165. The van der Waals surface area contributed by atoms with Gasteiger partial charge in [-0.15, -0.1) is 0 Å². The van der Waals surface area contributed by atoms with Crippen LogP contribution < -0.4 is 4.74 Å². The van der Waals surface area contributed by atoms with Crippen molar-refractivity contribution in [2.75, 3.05) is 33.8 Å². The molecule has 0 aliphatic heterocycles. The van der Waals surface area contributed by atoms with Gasteiger partial charge < -0.3 is 14.3 Å². The predicted octanol–water partition coefficient (Wildman–Crippen LogP) is 8.35. The van der Waals surface area contributed by atoms with Crippen LogP contribution in [-0.4, -0.2) is 49.4 Å². The standard InChI is InChI=1S/C16H36N.C13H18O3/c1-5-7-8-9-10-11-12-13-14-15-16-17(3,4)6-2;1-2-3-4-5-10-16-12-8-6-11(7-9-12)13(14)15/h5-16H2,1-4H3;6-9H,2-5,10H2,1H3,(H,14,15)/q+1;. The highest BCUT2D eigenvalue weighted by Gasteiger charge is 2.09. The van der Waals surface area contributed by atoms with Crippen molar-refractivity contribution in [3.63, 3.8) is 0 Å². The normalized spacial score (nSPS) is 11.1. The Morgan fingerprint density at radius 1 is 0.727 bits per heavy atom. The van der Waals surface area contributed by atoms with Crippen LogP contribution in [0.4, 0.5) is 0 Å². The lowest BCUT2D eigenvalue weighted by molar-refractivity contribution is -0.888. The Hall–Kier alpha value is -1.55. The SMILES string of the molecule is CCCCCCCCCCCC[N+](C)(C)CC.CCCCCCOc1ccc(C(=O)O)cc1. The Bertz CT molecular complexity index is 569. The first-order valence-electron chi connectivity index (χ1n) is 13.6. The fraction of sp³-hybridized carbons (Fsp3) is 0.759. The molecule has 1 N–H and O–H groups in total. The lowest BCUT2D eigenvalue weighted by Crippen LogP contribution is -2.39. The summed E-state index contributed by atoms with van der Waals surface area (Å²) in [5.41, 5.74) is 0.290. The topological polar surface area (TPSA) is 46.5 Å². The van der Waals surface area contributed by atoms with E-state index in [0.717, 1.165) is 12.2 Å². The molecule has 192 valence electrons. The van der Waals surface area contributed by atoms with Crippen molar-refractivity contribution in [1.82, 2.24) is 0 Å². The third kappa shape index (κ3) is 19.6. The van der Waals surface area contributed by atoms with Gasteiger partial charge >= 0.3 is 5.97 Å². The Morgan fingerprint density at radius 2 is 1.18 bits per heavy atom. The number of carboxylic acids is 1. The smallest absolute Gasteiger partial charge is 0.335 e. The number of hydrogen-bond donors (Lipinski definition) is 1. The minimum Gasteiger partial charge on any atom is -0.494 e. The van der Waals surface area contributed by atoms with Gasteiger partial charge in [0, 0.05) is 0 Å². The van der Waals surface area contributed by atoms with Crippen LogP contribution in [0, 0.1) is 0 Å². The zero-order chi connectivity index (χ0) is 24.8. The molecule has 0 amide bonds. The minimum atomic E-state index is -0.908. The molecule has 4 nitrogen and oxygen atoms in total. The van der Waals surface area contributed by atoms with Gasteiger partial charge in [0.15, 0.2) is 0 Å². The van der Waals surface area contributed by atoms with Crippen LogP contribution in [0.25, 0.3) is 0 Å². The van der Waals surface area contributed by atoms with E-state index in [1.165, 1.54) is 101 Å². The largest absolute Gasteiger partial charge is 0.494 e. The van der Waals surface area contributed by atoms with E-state index >= 15 is 0 Å². The highest BCUT2D eigenvalue weighted by Crippen LogP contribution is 2.13. The fourth-order valence-corrected chi connectivity index (χ4v) is 3.60. The van der Waals surface area contributed by atoms with Gasteiger partial charge in [-0.2, -0.15) is 0 Å². The molecule has 0 spiro atoms. The molecule has 0 aliphatic carbocycles. The fourth-order valence-electron chi connectivity index (χ4n) is 3.60. The van der Waals surface area contributed by atoms with E-state index in [2.05, 4.69) is 34.9 Å². The summed E-state index contributed by atoms with van der Waals surface area (Å²) in [4.78, 5) is 10.6. The first kappa shape index (κ1) is 31.4. The van der Waals surface area contributed by atoms with Gasteiger partial charge in [-0.3, -0.25) is 0 Å². The van der Waals surface area contributed by atoms with E-state index in [-0.39, 0.29) is 0 Å². The Balaban J connectivity index is 0.000000621. The van der Waals surface area contributed by atoms with Crippen molar-refractivity contribution in [2.45, 2.75) is 111 Å². The second-order valence-corrected chi connectivity index (χ2v) is 9.90. The molecule has 33 heavy (non-hydrogen) atoms. The van der Waals surface area contributed by atoms with Crippen molar-refractivity contribution in [3.05, 3.63) is 29.8 Å². The molecule has 4 heteroatoms. The van der Waals surface area contributed by atoms with Gasteiger partial charge in [0.1, 0.15) is 5.75 Å². The second-order valence-electron chi connectivity index (χ2n) is 9.90.